The fraction of sp³-hybridized carbons (Fsp3) is 0.214. The molecule has 6 nitrogen and oxygen atoms in total. The lowest BCUT2D eigenvalue weighted by Gasteiger charge is -2.09. The molecule has 2 N–H and O–H groups in total. The first-order valence-electron chi connectivity index (χ1n) is 6.24. The van der Waals surface area contributed by atoms with Gasteiger partial charge in [0.1, 0.15) is 5.75 Å². The summed E-state index contributed by atoms with van der Waals surface area (Å²) in [5.74, 6) is 0.623. The van der Waals surface area contributed by atoms with Gasteiger partial charge in [-0.25, -0.2) is 0 Å². The number of nitro groups is 1. The molecule has 1 atom stereocenters. The molecule has 0 aliphatic heterocycles. The van der Waals surface area contributed by atoms with E-state index in [9.17, 15) is 10.1 Å². The van der Waals surface area contributed by atoms with E-state index in [1.807, 2.05) is 6.92 Å². The lowest BCUT2D eigenvalue weighted by atomic mass is 10.1. The number of hydrogen-bond acceptors (Lipinski definition) is 5. The van der Waals surface area contributed by atoms with Gasteiger partial charge in [-0.3, -0.25) is 15.1 Å². The standard InChI is InChI=1S/C14H15N3O3/c1-2-11(15)12-8-7-10(9-16-12)20-14-6-4-3-5-13(14)17(18)19/h3-9,11H,2,15H2,1H3. The largest absolute Gasteiger partial charge is 0.449 e. The Labute approximate surface area is 116 Å². The first-order valence-corrected chi connectivity index (χ1v) is 6.24. The van der Waals surface area contributed by atoms with Gasteiger partial charge in [-0.05, 0) is 24.6 Å². The zero-order valence-corrected chi connectivity index (χ0v) is 11.0. The van der Waals surface area contributed by atoms with Gasteiger partial charge in [0.15, 0.2) is 0 Å². The topological polar surface area (TPSA) is 91.3 Å². The third-order valence-electron chi connectivity index (χ3n) is 2.87. The Morgan fingerprint density at radius 1 is 1.35 bits per heavy atom. The van der Waals surface area contributed by atoms with E-state index < -0.39 is 4.92 Å². The molecule has 1 unspecified atom stereocenters. The molecule has 6 heteroatoms. The van der Waals surface area contributed by atoms with Gasteiger partial charge in [0.2, 0.25) is 5.75 Å². The minimum atomic E-state index is -0.482. The van der Waals surface area contributed by atoms with Crippen LogP contribution < -0.4 is 10.5 Å². The Kier molecular flexibility index (Phi) is 4.27. The summed E-state index contributed by atoms with van der Waals surface area (Å²) in [6.45, 7) is 1.98. The minimum Gasteiger partial charge on any atom is -0.449 e. The molecule has 1 aromatic heterocycles. The van der Waals surface area contributed by atoms with Crippen LogP contribution in [0, 0.1) is 10.1 Å². The Hall–Kier alpha value is -2.47. The summed E-state index contributed by atoms with van der Waals surface area (Å²) in [6, 6.07) is 9.56. The zero-order chi connectivity index (χ0) is 14.5. The van der Waals surface area contributed by atoms with Crippen LogP contribution >= 0.6 is 0 Å². The molecule has 0 bridgehead atoms. The van der Waals surface area contributed by atoms with E-state index in [0.29, 0.717) is 5.75 Å². The number of aromatic nitrogens is 1. The van der Waals surface area contributed by atoms with Crippen molar-refractivity contribution in [3.05, 3.63) is 58.4 Å². The fourth-order valence-electron chi connectivity index (χ4n) is 1.70. The number of ether oxygens (including phenoxy) is 1. The van der Waals surface area contributed by atoms with Gasteiger partial charge in [0.05, 0.1) is 16.8 Å². The predicted molar refractivity (Wildman–Crippen MR) is 74.6 cm³/mol. The highest BCUT2D eigenvalue weighted by Gasteiger charge is 2.14. The Morgan fingerprint density at radius 2 is 2.10 bits per heavy atom. The molecule has 1 aromatic carbocycles. The van der Waals surface area contributed by atoms with Crippen LogP contribution in [0.1, 0.15) is 25.1 Å². The van der Waals surface area contributed by atoms with Crippen LogP contribution in [0.4, 0.5) is 5.69 Å². The fourth-order valence-corrected chi connectivity index (χ4v) is 1.70. The van der Waals surface area contributed by atoms with Crippen LogP contribution in [0.15, 0.2) is 42.6 Å². The summed E-state index contributed by atoms with van der Waals surface area (Å²) >= 11 is 0. The molecule has 0 saturated carbocycles. The van der Waals surface area contributed by atoms with Crippen LogP contribution in [0.5, 0.6) is 11.5 Å². The monoisotopic (exact) mass is 273 g/mol. The van der Waals surface area contributed by atoms with Gasteiger partial charge in [0, 0.05) is 12.1 Å². The van der Waals surface area contributed by atoms with E-state index in [1.165, 1.54) is 12.3 Å². The molecule has 20 heavy (non-hydrogen) atoms. The molecule has 0 aliphatic rings. The summed E-state index contributed by atoms with van der Waals surface area (Å²) in [6.07, 6.45) is 2.30. The highest BCUT2D eigenvalue weighted by Crippen LogP contribution is 2.30. The maximum atomic E-state index is 10.9. The van der Waals surface area contributed by atoms with Crippen molar-refractivity contribution in [1.29, 1.82) is 0 Å². The molecule has 1 heterocycles. The van der Waals surface area contributed by atoms with Crippen molar-refractivity contribution < 1.29 is 9.66 Å². The van der Waals surface area contributed by atoms with Crippen molar-refractivity contribution in [3.63, 3.8) is 0 Å². The molecule has 2 aromatic rings. The molecule has 2 rings (SSSR count). The van der Waals surface area contributed by atoms with E-state index >= 15 is 0 Å². The molecule has 0 fully saturated rings. The second-order valence-electron chi connectivity index (χ2n) is 4.26. The smallest absolute Gasteiger partial charge is 0.311 e. The van der Waals surface area contributed by atoms with Crippen molar-refractivity contribution in [2.75, 3.05) is 0 Å². The normalized spacial score (nSPS) is 11.9. The van der Waals surface area contributed by atoms with E-state index in [0.717, 1.165) is 12.1 Å². The number of nitro benzene ring substituents is 1. The van der Waals surface area contributed by atoms with Crippen molar-refractivity contribution >= 4 is 5.69 Å². The first-order chi connectivity index (χ1) is 9.61. The number of hydrogen-bond donors (Lipinski definition) is 1. The predicted octanol–water partition coefficient (Wildman–Crippen LogP) is 3.19. The Balaban J connectivity index is 2.20. The van der Waals surface area contributed by atoms with Crippen molar-refractivity contribution in [3.8, 4) is 11.5 Å². The van der Waals surface area contributed by atoms with E-state index in [2.05, 4.69) is 4.98 Å². The Morgan fingerprint density at radius 3 is 2.70 bits per heavy atom. The van der Waals surface area contributed by atoms with Crippen LogP contribution in [-0.4, -0.2) is 9.91 Å². The third-order valence-corrected chi connectivity index (χ3v) is 2.87. The molecule has 104 valence electrons. The second-order valence-corrected chi connectivity index (χ2v) is 4.26. The molecule has 0 radical (unpaired) electrons. The maximum absolute atomic E-state index is 10.9. The van der Waals surface area contributed by atoms with Crippen LogP contribution in [-0.2, 0) is 0 Å². The summed E-state index contributed by atoms with van der Waals surface area (Å²) < 4.78 is 5.49. The van der Waals surface area contributed by atoms with Gasteiger partial charge in [0.25, 0.3) is 0 Å². The number of nitrogens with zero attached hydrogens (tertiary/aromatic N) is 2. The SMILES string of the molecule is CCC(N)c1ccc(Oc2ccccc2[N+](=O)[O-])cn1. The molecule has 0 saturated heterocycles. The van der Waals surface area contributed by atoms with Gasteiger partial charge in [-0.15, -0.1) is 0 Å². The molecular weight excluding hydrogens is 258 g/mol. The van der Waals surface area contributed by atoms with Gasteiger partial charge in [-0.2, -0.15) is 0 Å². The van der Waals surface area contributed by atoms with E-state index in [-0.39, 0.29) is 17.5 Å². The van der Waals surface area contributed by atoms with E-state index in [4.69, 9.17) is 10.5 Å². The van der Waals surface area contributed by atoms with Gasteiger partial charge >= 0.3 is 5.69 Å². The highest BCUT2D eigenvalue weighted by molar-refractivity contribution is 5.47. The summed E-state index contributed by atoms with van der Waals surface area (Å²) in [7, 11) is 0. The van der Waals surface area contributed by atoms with Gasteiger partial charge < -0.3 is 10.5 Å². The van der Waals surface area contributed by atoms with Crippen molar-refractivity contribution in [2.24, 2.45) is 5.73 Å². The molecule has 0 aliphatic carbocycles. The summed E-state index contributed by atoms with van der Waals surface area (Å²) in [4.78, 5) is 14.6. The third kappa shape index (κ3) is 3.10. The van der Waals surface area contributed by atoms with Crippen LogP contribution in [0.2, 0.25) is 0 Å². The minimum absolute atomic E-state index is 0.0816. The van der Waals surface area contributed by atoms with Crippen LogP contribution in [0.25, 0.3) is 0 Å². The lowest BCUT2D eigenvalue weighted by Crippen LogP contribution is -2.10. The highest BCUT2D eigenvalue weighted by atomic mass is 16.6. The van der Waals surface area contributed by atoms with Crippen molar-refractivity contribution in [1.82, 2.24) is 4.98 Å². The van der Waals surface area contributed by atoms with Crippen LogP contribution in [0.3, 0.4) is 0 Å². The number of benzene rings is 1. The summed E-state index contributed by atoms with van der Waals surface area (Å²) in [5.41, 5.74) is 6.55. The molecule has 0 spiro atoms. The average Bonchev–Trinajstić information content (AvgIpc) is 2.47. The zero-order valence-electron chi connectivity index (χ0n) is 11.0. The quantitative estimate of drug-likeness (QED) is 0.667. The first kappa shape index (κ1) is 14.0. The van der Waals surface area contributed by atoms with Gasteiger partial charge in [-0.1, -0.05) is 19.1 Å². The number of nitrogens with two attached hydrogens (primary N) is 1. The summed E-state index contributed by atoms with van der Waals surface area (Å²) in [5, 5.41) is 10.9. The average molecular weight is 273 g/mol. The Bertz CT molecular complexity index is 599. The number of pyridine rings is 1. The van der Waals surface area contributed by atoms with E-state index in [1.54, 1.807) is 30.3 Å². The number of rotatable bonds is 5. The maximum Gasteiger partial charge on any atom is 0.311 e. The second kappa shape index (κ2) is 6.12. The molecular formula is C14H15N3O3. The van der Waals surface area contributed by atoms with Crippen molar-refractivity contribution in [2.45, 2.75) is 19.4 Å². The lowest BCUT2D eigenvalue weighted by molar-refractivity contribution is -0.385. The number of para-hydroxylation sites is 2. The molecule has 0 amide bonds.